The number of amides is 1. The number of hydrogen-bond acceptors (Lipinski definition) is 4. The van der Waals surface area contributed by atoms with Crippen LogP contribution in [0.25, 0.3) is 0 Å². The molecule has 1 unspecified atom stereocenters. The van der Waals surface area contributed by atoms with E-state index in [2.05, 4.69) is 10.3 Å². The number of halogens is 1. The van der Waals surface area contributed by atoms with Crippen LogP contribution in [-0.2, 0) is 4.74 Å². The van der Waals surface area contributed by atoms with Crippen LogP contribution in [0.5, 0.6) is 0 Å². The molecule has 1 saturated heterocycles. The minimum atomic E-state index is -0.0505. The van der Waals surface area contributed by atoms with Crippen molar-refractivity contribution in [3.8, 4) is 0 Å². The van der Waals surface area contributed by atoms with Crippen molar-refractivity contribution >= 4 is 23.3 Å². The number of hydrogen-bond donors (Lipinski definition) is 1. The fraction of sp³-hybridized carbons (Fsp3) is 0.600. The SMILES string of the molecule is CCNc1ncc(C(=O)N(CC)CC2CCCO2)cc1Cl. The molecule has 6 heteroatoms. The first-order valence-electron chi connectivity index (χ1n) is 7.46. The molecule has 2 heterocycles. The Labute approximate surface area is 130 Å². The van der Waals surface area contributed by atoms with Gasteiger partial charge in [0.05, 0.1) is 16.7 Å². The molecule has 2 rings (SSSR count). The van der Waals surface area contributed by atoms with Crippen molar-refractivity contribution in [1.29, 1.82) is 0 Å². The Morgan fingerprint density at radius 1 is 1.57 bits per heavy atom. The Bertz CT molecular complexity index is 490. The molecule has 21 heavy (non-hydrogen) atoms. The maximum atomic E-state index is 12.5. The number of likely N-dealkylation sites (N-methyl/N-ethyl adjacent to an activating group) is 1. The lowest BCUT2D eigenvalue weighted by atomic mass is 10.2. The van der Waals surface area contributed by atoms with Crippen molar-refractivity contribution < 1.29 is 9.53 Å². The van der Waals surface area contributed by atoms with Crippen LogP contribution in [0.2, 0.25) is 5.02 Å². The second kappa shape index (κ2) is 7.61. The van der Waals surface area contributed by atoms with Crippen LogP contribution >= 0.6 is 11.6 Å². The third-order valence-corrected chi connectivity index (χ3v) is 3.84. The van der Waals surface area contributed by atoms with Crippen LogP contribution < -0.4 is 5.32 Å². The fourth-order valence-corrected chi connectivity index (χ4v) is 2.66. The third-order valence-electron chi connectivity index (χ3n) is 3.55. The topological polar surface area (TPSA) is 54.5 Å². The predicted octanol–water partition coefficient (Wildman–Crippen LogP) is 2.81. The Morgan fingerprint density at radius 3 is 2.95 bits per heavy atom. The third kappa shape index (κ3) is 4.08. The molecule has 1 fully saturated rings. The van der Waals surface area contributed by atoms with E-state index < -0.39 is 0 Å². The van der Waals surface area contributed by atoms with Gasteiger partial charge in [-0.1, -0.05) is 11.6 Å². The number of rotatable bonds is 6. The fourth-order valence-electron chi connectivity index (χ4n) is 2.42. The van der Waals surface area contributed by atoms with Gasteiger partial charge in [0.1, 0.15) is 5.82 Å². The number of ether oxygens (including phenoxy) is 1. The van der Waals surface area contributed by atoms with E-state index in [1.54, 1.807) is 17.2 Å². The van der Waals surface area contributed by atoms with Crippen LogP contribution in [0.4, 0.5) is 5.82 Å². The number of nitrogens with one attached hydrogen (secondary N) is 1. The molecule has 1 aliphatic rings. The second-order valence-corrected chi connectivity index (χ2v) is 5.47. The van der Waals surface area contributed by atoms with Gasteiger partial charge in [0.15, 0.2) is 0 Å². The lowest BCUT2D eigenvalue weighted by Crippen LogP contribution is -2.37. The normalized spacial score (nSPS) is 17.8. The summed E-state index contributed by atoms with van der Waals surface area (Å²) in [6.07, 6.45) is 3.81. The van der Waals surface area contributed by atoms with E-state index in [1.807, 2.05) is 13.8 Å². The Kier molecular flexibility index (Phi) is 5.82. The quantitative estimate of drug-likeness (QED) is 0.877. The standard InChI is InChI=1S/C15H22ClN3O2/c1-3-17-14-13(16)8-11(9-18-14)15(20)19(4-2)10-12-6-5-7-21-12/h8-9,12H,3-7,10H2,1-2H3,(H,17,18). The Hall–Kier alpha value is -1.33. The molecule has 1 atom stereocenters. The molecule has 1 aromatic heterocycles. The first-order chi connectivity index (χ1) is 10.2. The van der Waals surface area contributed by atoms with Gasteiger partial charge in [-0.25, -0.2) is 4.98 Å². The zero-order valence-corrected chi connectivity index (χ0v) is 13.3. The summed E-state index contributed by atoms with van der Waals surface area (Å²) in [4.78, 5) is 18.5. The molecular formula is C15H22ClN3O2. The zero-order valence-electron chi connectivity index (χ0n) is 12.6. The molecule has 0 spiro atoms. The van der Waals surface area contributed by atoms with Crippen molar-refractivity contribution in [3.63, 3.8) is 0 Å². The highest BCUT2D eigenvalue weighted by atomic mass is 35.5. The number of anilines is 1. The minimum absolute atomic E-state index is 0.0505. The molecule has 0 aromatic carbocycles. The minimum Gasteiger partial charge on any atom is -0.376 e. The summed E-state index contributed by atoms with van der Waals surface area (Å²) in [6.45, 7) is 6.74. The number of carbonyl (C=O) groups excluding carboxylic acids is 1. The van der Waals surface area contributed by atoms with Gasteiger partial charge in [0, 0.05) is 32.4 Å². The second-order valence-electron chi connectivity index (χ2n) is 5.06. The largest absolute Gasteiger partial charge is 0.376 e. The van der Waals surface area contributed by atoms with E-state index in [0.29, 0.717) is 29.5 Å². The van der Waals surface area contributed by atoms with Crippen LogP contribution in [0.1, 0.15) is 37.0 Å². The van der Waals surface area contributed by atoms with E-state index in [0.717, 1.165) is 26.0 Å². The molecule has 0 aliphatic carbocycles. The van der Waals surface area contributed by atoms with Crippen LogP contribution in [0.15, 0.2) is 12.3 Å². The summed E-state index contributed by atoms with van der Waals surface area (Å²) in [5.74, 6) is 0.559. The van der Waals surface area contributed by atoms with E-state index in [9.17, 15) is 4.79 Å². The summed E-state index contributed by atoms with van der Waals surface area (Å²) in [7, 11) is 0. The lowest BCUT2D eigenvalue weighted by Gasteiger charge is -2.24. The maximum absolute atomic E-state index is 12.5. The van der Waals surface area contributed by atoms with Gasteiger partial charge in [0.2, 0.25) is 0 Å². The van der Waals surface area contributed by atoms with Gasteiger partial charge >= 0.3 is 0 Å². The molecule has 0 radical (unpaired) electrons. The van der Waals surface area contributed by atoms with E-state index in [4.69, 9.17) is 16.3 Å². The summed E-state index contributed by atoms with van der Waals surface area (Å²) >= 11 is 6.15. The van der Waals surface area contributed by atoms with Gasteiger partial charge in [-0.3, -0.25) is 4.79 Å². The molecular weight excluding hydrogens is 290 g/mol. The van der Waals surface area contributed by atoms with Gasteiger partial charge in [-0.15, -0.1) is 0 Å². The van der Waals surface area contributed by atoms with Crippen LogP contribution in [0.3, 0.4) is 0 Å². The summed E-state index contributed by atoms with van der Waals surface area (Å²) in [5, 5.41) is 3.52. The highest BCUT2D eigenvalue weighted by molar-refractivity contribution is 6.33. The first-order valence-corrected chi connectivity index (χ1v) is 7.83. The molecule has 1 amide bonds. The number of aromatic nitrogens is 1. The van der Waals surface area contributed by atoms with Gasteiger partial charge in [-0.2, -0.15) is 0 Å². The Morgan fingerprint density at radius 2 is 2.38 bits per heavy atom. The van der Waals surface area contributed by atoms with Crippen LogP contribution in [0, 0.1) is 0 Å². The number of pyridine rings is 1. The van der Waals surface area contributed by atoms with Crippen molar-refractivity contribution in [2.45, 2.75) is 32.8 Å². The summed E-state index contributed by atoms with van der Waals surface area (Å²) in [5.41, 5.74) is 0.515. The van der Waals surface area contributed by atoms with E-state index in [1.165, 1.54) is 0 Å². The van der Waals surface area contributed by atoms with Crippen molar-refractivity contribution in [2.75, 3.05) is 31.6 Å². The highest BCUT2D eigenvalue weighted by Gasteiger charge is 2.23. The monoisotopic (exact) mass is 311 g/mol. The van der Waals surface area contributed by atoms with Crippen molar-refractivity contribution in [3.05, 3.63) is 22.8 Å². The molecule has 1 N–H and O–H groups in total. The number of nitrogens with zero attached hydrogens (tertiary/aromatic N) is 2. The predicted molar refractivity (Wildman–Crippen MR) is 84.0 cm³/mol. The molecule has 116 valence electrons. The Balaban J connectivity index is 2.07. The average molecular weight is 312 g/mol. The lowest BCUT2D eigenvalue weighted by molar-refractivity contribution is 0.0539. The van der Waals surface area contributed by atoms with E-state index >= 15 is 0 Å². The van der Waals surface area contributed by atoms with Gasteiger partial charge < -0.3 is 15.0 Å². The van der Waals surface area contributed by atoms with Crippen molar-refractivity contribution in [1.82, 2.24) is 9.88 Å². The van der Waals surface area contributed by atoms with Gasteiger partial charge in [-0.05, 0) is 32.8 Å². The van der Waals surface area contributed by atoms with Crippen LogP contribution in [-0.4, -0.2) is 48.1 Å². The molecule has 0 bridgehead atoms. The smallest absolute Gasteiger partial charge is 0.255 e. The molecule has 1 aliphatic heterocycles. The maximum Gasteiger partial charge on any atom is 0.255 e. The molecule has 1 aromatic rings. The van der Waals surface area contributed by atoms with Gasteiger partial charge in [0.25, 0.3) is 5.91 Å². The first kappa shape index (κ1) is 16.0. The van der Waals surface area contributed by atoms with E-state index in [-0.39, 0.29) is 12.0 Å². The number of carbonyl (C=O) groups is 1. The molecule has 5 nitrogen and oxygen atoms in total. The zero-order chi connectivity index (χ0) is 15.2. The molecule has 0 saturated carbocycles. The summed E-state index contributed by atoms with van der Waals surface area (Å²) in [6, 6.07) is 1.67. The van der Waals surface area contributed by atoms with Crippen molar-refractivity contribution in [2.24, 2.45) is 0 Å². The summed E-state index contributed by atoms with van der Waals surface area (Å²) < 4.78 is 5.60. The average Bonchev–Trinajstić information content (AvgIpc) is 2.99. The highest BCUT2D eigenvalue weighted by Crippen LogP contribution is 2.21.